The minimum Gasteiger partial charge on any atom is -0.490 e. The molecule has 5 nitrogen and oxygen atoms in total. The van der Waals surface area contributed by atoms with Gasteiger partial charge in [0.05, 0.1) is 12.0 Å². The highest BCUT2D eigenvalue weighted by Crippen LogP contribution is 2.27. The number of hydrogen-bond donors (Lipinski definition) is 0. The van der Waals surface area contributed by atoms with Crippen LogP contribution < -0.4 is 4.74 Å². The van der Waals surface area contributed by atoms with E-state index in [1.54, 1.807) is 0 Å². The van der Waals surface area contributed by atoms with Gasteiger partial charge in [-0.05, 0) is 18.2 Å². The Labute approximate surface area is 86.1 Å². The van der Waals surface area contributed by atoms with E-state index in [9.17, 15) is 14.9 Å². The number of carbonyl (C=O) groups is 1. The monoisotopic (exact) mass is 207 g/mol. The second-order valence-electron chi connectivity index (χ2n) is 2.71. The van der Waals surface area contributed by atoms with Crippen molar-refractivity contribution in [3.05, 3.63) is 46.5 Å². The largest absolute Gasteiger partial charge is 0.490 e. The summed E-state index contributed by atoms with van der Waals surface area (Å²) >= 11 is 0. The second-order valence-corrected chi connectivity index (χ2v) is 2.71. The molecule has 0 aliphatic heterocycles. The molecule has 0 aromatic heterocycles. The summed E-state index contributed by atoms with van der Waals surface area (Å²) in [5, 5.41) is 10.6. The van der Waals surface area contributed by atoms with Gasteiger partial charge in [-0.25, -0.2) is 0 Å². The first kappa shape index (κ1) is 10.9. The zero-order valence-electron chi connectivity index (χ0n) is 8.10. The summed E-state index contributed by atoms with van der Waals surface area (Å²) in [4.78, 5) is 21.2. The molecule has 1 aromatic rings. The maximum atomic E-state index is 11.2. The van der Waals surface area contributed by atoms with Crippen LogP contribution in [0.3, 0.4) is 0 Å². The van der Waals surface area contributed by atoms with Crippen LogP contribution in [-0.4, -0.2) is 17.8 Å². The van der Waals surface area contributed by atoms with Gasteiger partial charge in [0, 0.05) is 11.6 Å². The molecule has 0 radical (unpaired) electrons. The summed E-state index contributed by atoms with van der Waals surface area (Å²) in [7, 11) is 1.33. The van der Waals surface area contributed by atoms with Gasteiger partial charge in [-0.1, -0.05) is 6.58 Å². The summed E-state index contributed by atoms with van der Waals surface area (Å²) in [6, 6.07) is 4.01. The van der Waals surface area contributed by atoms with Gasteiger partial charge in [0.25, 0.3) is 0 Å². The summed E-state index contributed by atoms with van der Waals surface area (Å²) < 4.78 is 4.80. The van der Waals surface area contributed by atoms with Crippen LogP contribution >= 0.6 is 0 Å². The fraction of sp³-hybridized carbons (Fsp3) is 0.100. The number of carbonyl (C=O) groups excluding carboxylic acids is 1. The zero-order chi connectivity index (χ0) is 11.4. The number of nitro groups is 1. The molecule has 1 rings (SSSR count). The van der Waals surface area contributed by atoms with E-state index in [2.05, 4.69) is 6.58 Å². The zero-order valence-corrected chi connectivity index (χ0v) is 8.10. The Morgan fingerprint density at radius 1 is 1.60 bits per heavy atom. The molecule has 0 fully saturated rings. The third-order valence-electron chi connectivity index (χ3n) is 1.85. The van der Waals surface area contributed by atoms with Gasteiger partial charge in [-0.15, -0.1) is 0 Å². The van der Waals surface area contributed by atoms with E-state index in [1.807, 2.05) is 0 Å². The summed E-state index contributed by atoms with van der Waals surface area (Å²) in [6.45, 7) is 3.30. The van der Waals surface area contributed by atoms with E-state index < -0.39 is 4.92 Å². The van der Waals surface area contributed by atoms with E-state index in [0.29, 0.717) is 0 Å². The predicted octanol–water partition coefficient (Wildman–Crippen LogP) is 1.97. The van der Waals surface area contributed by atoms with Crippen LogP contribution in [0.2, 0.25) is 0 Å². The molecule has 0 heterocycles. The van der Waals surface area contributed by atoms with Crippen LogP contribution in [-0.2, 0) is 0 Å². The maximum absolute atomic E-state index is 11.2. The number of methoxy groups -OCH3 is 1. The fourth-order valence-corrected chi connectivity index (χ4v) is 1.10. The number of nitro benzene ring substituents is 1. The number of allylic oxidation sites excluding steroid dienone is 1. The fourth-order valence-electron chi connectivity index (χ4n) is 1.10. The molecule has 5 heteroatoms. The first-order valence-electron chi connectivity index (χ1n) is 4.09. The van der Waals surface area contributed by atoms with Gasteiger partial charge in [0.15, 0.2) is 11.5 Å². The second kappa shape index (κ2) is 4.36. The minimum atomic E-state index is -0.599. The lowest BCUT2D eigenvalue weighted by Crippen LogP contribution is -1.98. The van der Waals surface area contributed by atoms with Gasteiger partial charge in [0.2, 0.25) is 0 Å². The highest BCUT2D eigenvalue weighted by atomic mass is 16.6. The Morgan fingerprint density at radius 3 is 2.73 bits per heavy atom. The van der Waals surface area contributed by atoms with Crippen LogP contribution in [0, 0.1) is 10.1 Å². The lowest BCUT2D eigenvalue weighted by molar-refractivity contribution is -0.385. The van der Waals surface area contributed by atoms with Crippen molar-refractivity contribution in [2.45, 2.75) is 0 Å². The van der Waals surface area contributed by atoms with Crippen LogP contribution in [0.5, 0.6) is 5.75 Å². The van der Waals surface area contributed by atoms with Crippen molar-refractivity contribution >= 4 is 11.5 Å². The van der Waals surface area contributed by atoms with E-state index in [1.165, 1.54) is 25.3 Å². The van der Waals surface area contributed by atoms with Crippen molar-refractivity contribution in [2.24, 2.45) is 0 Å². The van der Waals surface area contributed by atoms with Crippen LogP contribution in [0.25, 0.3) is 0 Å². The number of ketones is 1. The molecule has 0 atom stereocenters. The van der Waals surface area contributed by atoms with E-state index in [0.717, 1.165) is 6.08 Å². The molecule has 0 aliphatic rings. The topological polar surface area (TPSA) is 69.4 Å². The third-order valence-corrected chi connectivity index (χ3v) is 1.85. The Morgan fingerprint density at radius 2 is 2.27 bits per heavy atom. The van der Waals surface area contributed by atoms with Gasteiger partial charge >= 0.3 is 5.69 Å². The molecule has 0 saturated heterocycles. The standard InChI is InChI=1S/C10H9NO4/c1-3-9(12)7-4-5-10(15-2)8(6-7)11(13)14/h3-6H,1H2,2H3. The maximum Gasteiger partial charge on any atom is 0.311 e. The van der Waals surface area contributed by atoms with E-state index in [4.69, 9.17) is 4.74 Å². The molecule has 0 aliphatic carbocycles. The van der Waals surface area contributed by atoms with Crippen LogP contribution in [0.15, 0.2) is 30.9 Å². The Hall–Kier alpha value is -2.17. The highest BCUT2D eigenvalue weighted by molar-refractivity contribution is 6.04. The highest BCUT2D eigenvalue weighted by Gasteiger charge is 2.16. The average Bonchev–Trinajstić information content (AvgIpc) is 2.27. The molecule has 0 spiro atoms. The number of ether oxygens (including phenoxy) is 1. The van der Waals surface area contributed by atoms with Gasteiger partial charge in [-0.3, -0.25) is 14.9 Å². The molecule has 0 bridgehead atoms. The van der Waals surface area contributed by atoms with E-state index in [-0.39, 0.29) is 22.8 Å². The first-order valence-corrected chi connectivity index (χ1v) is 4.09. The lowest BCUT2D eigenvalue weighted by atomic mass is 10.1. The van der Waals surface area contributed by atoms with Crippen molar-refractivity contribution in [3.63, 3.8) is 0 Å². The SMILES string of the molecule is C=CC(=O)c1ccc(OC)c([N+](=O)[O-])c1. The van der Waals surface area contributed by atoms with Crippen molar-refractivity contribution in [1.82, 2.24) is 0 Å². The molecule has 0 amide bonds. The summed E-state index contributed by atoms with van der Waals surface area (Å²) in [5.74, 6) is -0.235. The normalized spacial score (nSPS) is 9.40. The Bertz CT molecular complexity index is 425. The molecule has 0 saturated carbocycles. The molecular formula is C10H9NO4. The Kier molecular flexibility index (Phi) is 3.17. The number of nitrogens with zero attached hydrogens (tertiary/aromatic N) is 1. The molecule has 0 N–H and O–H groups in total. The predicted molar refractivity (Wildman–Crippen MR) is 54.2 cm³/mol. The smallest absolute Gasteiger partial charge is 0.311 e. The summed E-state index contributed by atoms with van der Waals surface area (Å²) in [6.07, 6.45) is 1.10. The van der Waals surface area contributed by atoms with Crippen molar-refractivity contribution in [3.8, 4) is 5.75 Å². The third kappa shape index (κ3) is 2.19. The number of hydrogen-bond acceptors (Lipinski definition) is 4. The minimum absolute atomic E-state index is 0.126. The quantitative estimate of drug-likeness (QED) is 0.327. The first-order chi connectivity index (χ1) is 7.10. The molecule has 0 unspecified atom stereocenters. The molecule has 78 valence electrons. The van der Waals surface area contributed by atoms with Crippen molar-refractivity contribution in [2.75, 3.05) is 7.11 Å². The van der Waals surface area contributed by atoms with Crippen LogP contribution in [0.1, 0.15) is 10.4 Å². The number of rotatable bonds is 4. The van der Waals surface area contributed by atoms with Crippen molar-refractivity contribution < 1.29 is 14.5 Å². The Balaban J connectivity index is 3.27. The van der Waals surface area contributed by atoms with Gasteiger partial charge < -0.3 is 4.74 Å². The van der Waals surface area contributed by atoms with E-state index >= 15 is 0 Å². The molecular weight excluding hydrogens is 198 g/mol. The molecule has 1 aromatic carbocycles. The molecule has 15 heavy (non-hydrogen) atoms. The van der Waals surface area contributed by atoms with Crippen LogP contribution in [0.4, 0.5) is 5.69 Å². The van der Waals surface area contributed by atoms with Gasteiger partial charge in [0.1, 0.15) is 0 Å². The van der Waals surface area contributed by atoms with Gasteiger partial charge in [-0.2, -0.15) is 0 Å². The number of benzene rings is 1. The lowest BCUT2D eigenvalue weighted by Gasteiger charge is -2.02. The van der Waals surface area contributed by atoms with Crippen molar-refractivity contribution in [1.29, 1.82) is 0 Å². The average molecular weight is 207 g/mol. The summed E-state index contributed by atoms with van der Waals surface area (Å²) in [5.41, 5.74) is -0.0114.